The van der Waals surface area contributed by atoms with Crippen LogP contribution in [0.25, 0.3) is 0 Å². The molecule has 1 heterocycles. The molecular formula is C14H19N3O2. The second kappa shape index (κ2) is 5.75. The molecule has 0 saturated carbocycles. The summed E-state index contributed by atoms with van der Waals surface area (Å²) in [5, 5.41) is 11.9. The highest BCUT2D eigenvalue weighted by Crippen LogP contribution is 2.25. The Morgan fingerprint density at radius 1 is 1.53 bits per heavy atom. The van der Waals surface area contributed by atoms with E-state index < -0.39 is 0 Å². The second-order valence-corrected chi connectivity index (χ2v) is 4.69. The lowest BCUT2D eigenvalue weighted by Crippen LogP contribution is -2.22. The summed E-state index contributed by atoms with van der Waals surface area (Å²) in [6, 6.07) is 6.09. The molecule has 4 N–H and O–H groups in total. The topological polar surface area (TPSA) is 78.6 Å². The van der Waals surface area contributed by atoms with E-state index in [1.165, 1.54) is 11.1 Å². The molecule has 0 aromatic heterocycles. The molecule has 0 aliphatic carbocycles. The average Bonchev–Trinajstić information content (AvgIpc) is 2.83. The molecule has 1 aromatic rings. The summed E-state index contributed by atoms with van der Waals surface area (Å²) in [5.74, 6) is 0.0968. The van der Waals surface area contributed by atoms with Crippen LogP contribution in [0, 0.1) is 0 Å². The van der Waals surface area contributed by atoms with Crippen molar-refractivity contribution in [2.75, 3.05) is 6.61 Å². The van der Waals surface area contributed by atoms with Gasteiger partial charge in [-0.2, -0.15) is 0 Å². The molecule has 1 amide bonds. The van der Waals surface area contributed by atoms with Crippen LogP contribution in [-0.2, 0) is 24.4 Å². The second-order valence-electron chi connectivity index (χ2n) is 4.69. The minimum Gasteiger partial charge on any atom is -0.399 e. The number of nitrogens with zero attached hydrogens (tertiary/aromatic N) is 1. The van der Waals surface area contributed by atoms with Gasteiger partial charge in [-0.05, 0) is 16.7 Å². The molecule has 19 heavy (non-hydrogen) atoms. The van der Waals surface area contributed by atoms with Gasteiger partial charge in [0.1, 0.15) is 0 Å². The molecule has 0 radical (unpaired) electrons. The van der Waals surface area contributed by atoms with Crippen LogP contribution in [0.15, 0.2) is 30.1 Å². The van der Waals surface area contributed by atoms with Crippen LogP contribution >= 0.6 is 0 Å². The third-order valence-electron chi connectivity index (χ3n) is 3.29. The lowest BCUT2D eigenvalue weighted by molar-refractivity contribution is -0.129. The molecule has 1 aliphatic rings. The normalized spacial score (nSPS) is 14.4. The van der Waals surface area contributed by atoms with Gasteiger partial charge in [0.15, 0.2) is 0 Å². The monoisotopic (exact) mass is 261 g/mol. The van der Waals surface area contributed by atoms with E-state index in [1.807, 2.05) is 17.0 Å². The van der Waals surface area contributed by atoms with Crippen LogP contribution in [0.1, 0.15) is 23.6 Å². The molecule has 0 saturated heterocycles. The van der Waals surface area contributed by atoms with Crippen LogP contribution in [0.2, 0.25) is 0 Å². The van der Waals surface area contributed by atoms with E-state index in [0.717, 1.165) is 5.56 Å². The first-order valence-corrected chi connectivity index (χ1v) is 6.25. The van der Waals surface area contributed by atoms with Crippen LogP contribution in [0.4, 0.5) is 0 Å². The Morgan fingerprint density at radius 2 is 2.32 bits per heavy atom. The maximum absolute atomic E-state index is 11.4. The van der Waals surface area contributed by atoms with Crippen molar-refractivity contribution in [1.82, 2.24) is 10.2 Å². The Kier molecular flexibility index (Phi) is 4.06. The lowest BCUT2D eigenvalue weighted by Gasteiger charge is -2.12. The molecule has 0 unspecified atom stereocenters. The number of hydrogen-bond donors (Lipinski definition) is 3. The van der Waals surface area contributed by atoms with E-state index in [2.05, 4.69) is 11.4 Å². The highest BCUT2D eigenvalue weighted by Gasteiger charge is 2.22. The number of benzene rings is 1. The molecule has 1 aromatic carbocycles. The molecule has 0 spiro atoms. The summed E-state index contributed by atoms with van der Waals surface area (Å²) in [7, 11) is 0. The maximum atomic E-state index is 11.4. The minimum atomic E-state index is -0.155. The Balaban J connectivity index is 2.09. The molecule has 0 fully saturated rings. The number of aliphatic hydroxyl groups excluding tert-OH is 1. The first kappa shape index (κ1) is 13.4. The zero-order valence-corrected chi connectivity index (χ0v) is 11.0. The van der Waals surface area contributed by atoms with E-state index in [1.54, 1.807) is 13.1 Å². The largest absolute Gasteiger partial charge is 0.399 e. The quantitative estimate of drug-likeness (QED) is 0.734. The molecule has 5 nitrogen and oxygen atoms in total. The smallest absolute Gasteiger partial charge is 0.220 e. The Hall–Kier alpha value is -2.01. The SMILES string of the molecule is CC(=O)N1Cc2cccc(CN/C=C(\N)CO)c2C1. The average molecular weight is 261 g/mol. The number of carbonyl (C=O) groups excluding carboxylic acids is 1. The Morgan fingerprint density at radius 3 is 3.00 bits per heavy atom. The zero-order valence-electron chi connectivity index (χ0n) is 11.0. The molecule has 5 heteroatoms. The fraction of sp³-hybridized carbons (Fsp3) is 0.357. The van der Waals surface area contributed by atoms with Gasteiger partial charge in [-0.15, -0.1) is 0 Å². The van der Waals surface area contributed by atoms with Crippen molar-refractivity contribution in [2.24, 2.45) is 5.73 Å². The van der Waals surface area contributed by atoms with E-state index >= 15 is 0 Å². The van der Waals surface area contributed by atoms with Gasteiger partial charge in [0, 0.05) is 38.5 Å². The number of hydrogen-bond acceptors (Lipinski definition) is 4. The number of nitrogens with one attached hydrogen (secondary N) is 1. The van der Waals surface area contributed by atoms with Gasteiger partial charge in [0.05, 0.1) is 6.61 Å². The third kappa shape index (κ3) is 3.06. The summed E-state index contributed by atoms with van der Waals surface area (Å²) < 4.78 is 0. The predicted octanol–water partition coefficient (Wildman–Crippen LogP) is 0.431. The van der Waals surface area contributed by atoms with Crippen LogP contribution in [-0.4, -0.2) is 22.5 Å². The van der Waals surface area contributed by atoms with Gasteiger partial charge in [0.2, 0.25) is 5.91 Å². The van der Waals surface area contributed by atoms with Crippen molar-refractivity contribution in [3.8, 4) is 0 Å². The highest BCUT2D eigenvalue weighted by molar-refractivity contribution is 5.74. The molecule has 0 bridgehead atoms. The van der Waals surface area contributed by atoms with E-state index in [9.17, 15) is 4.79 Å². The Labute approximate surface area is 112 Å². The summed E-state index contributed by atoms with van der Waals surface area (Å²) in [4.78, 5) is 13.3. The van der Waals surface area contributed by atoms with Crippen LogP contribution in [0.3, 0.4) is 0 Å². The number of rotatable bonds is 4. The van der Waals surface area contributed by atoms with Crippen LogP contribution < -0.4 is 11.1 Å². The molecule has 2 rings (SSSR count). The fourth-order valence-corrected chi connectivity index (χ4v) is 2.22. The number of carbonyl (C=O) groups is 1. The van der Waals surface area contributed by atoms with Crippen molar-refractivity contribution in [3.63, 3.8) is 0 Å². The summed E-state index contributed by atoms with van der Waals surface area (Å²) >= 11 is 0. The van der Waals surface area contributed by atoms with Gasteiger partial charge in [-0.25, -0.2) is 0 Å². The zero-order chi connectivity index (χ0) is 13.8. The van der Waals surface area contributed by atoms with Crippen molar-refractivity contribution < 1.29 is 9.90 Å². The number of aliphatic hydroxyl groups is 1. The minimum absolute atomic E-state index is 0.0968. The van der Waals surface area contributed by atoms with Gasteiger partial charge in [-0.1, -0.05) is 18.2 Å². The van der Waals surface area contributed by atoms with E-state index in [4.69, 9.17) is 10.8 Å². The molecule has 0 atom stereocenters. The predicted molar refractivity (Wildman–Crippen MR) is 72.6 cm³/mol. The van der Waals surface area contributed by atoms with Crippen molar-refractivity contribution in [1.29, 1.82) is 0 Å². The lowest BCUT2D eigenvalue weighted by atomic mass is 10.0. The summed E-state index contributed by atoms with van der Waals surface area (Å²) in [6.07, 6.45) is 1.61. The molecule has 1 aliphatic heterocycles. The Bertz CT molecular complexity index is 511. The van der Waals surface area contributed by atoms with Crippen molar-refractivity contribution in [3.05, 3.63) is 46.8 Å². The first-order chi connectivity index (χ1) is 9.11. The fourth-order valence-electron chi connectivity index (χ4n) is 2.22. The van der Waals surface area contributed by atoms with Crippen molar-refractivity contribution >= 4 is 5.91 Å². The summed E-state index contributed by atoms with van der Waals surface area (Å²) in [5.41, 5.74) is 9.48. The molecule has 102 valence electrons. The standard InChI is InChI=1S/C14H19N3O2/c1-10(19)17-7-12-4-2-3-11(14(12)8-17)5-16-6-13(15)9-18/h2-4,6,16,18H,5,7-9,15H2,1H3/b13-6-. The maximum Gasteiger partial charge on any atom is 0.220 e. The highest BCUT2D eigenvalue weighted by atomic mass is 16.3. The number of nitrogens with two attached hydrogens (primary N) is 1. The van der Waals surface area contributed by atoms with Crippen molar-refractivity contribution in [2.45, 2.75) is 26.6 Å². The van der Waals surface area contributed by atoms with Gasteiger partial charge in [-0.3, -0.25) is 4.79 Å². The van der Waals surface area contributed by atoms with Gasteiger partial charge >= 0.3 is 0 Å². The number of fused-ring (bicyclic) bond motifs is 1. The molecular weight excluding hydrogens is 242 g/mol. The summed E-state index contributed by atoms with van der Waals surface area (Å²) in [6.45, 7) is 3.43. The van der Waals surface area contributed by atoms with E-state index in [-0.39, 0.29) is 12.5 Å². The third-order valence-corrected chi connectivity index (χ3v) is 3.29. The first-order valence-electron chi connectivity index (χ1n) is 6.25. The van der Waals surface area contributed by atoms with Crippen LogP contribution in [0.5, 0.6) is 0 Å². The van der Waals surface area contributed by atoms with Gasteiger partial charge < -0.3 is 21.1 Å². The van der Waals surface area contributed by atoms with Gasteiger partial charge in [0.25, 0.3) is 0 Å². The number of amides is 1. The van der Waals surface area contributed by atoms with E-state index in [0.29, 0.717) is 25.3 Å².